The SMILES string of the molecule is C=C/C=C\C(=C/C=C)S(=O)NC(C)(C)C.CC. The molecule has 1 atom stereocenters. The van der Waals surface area contributed by atoms with Crippen molar-refractivity contribution in [2.45, 2.75) is 40.2 Å². The molecule has 0 aliphatic heterocycles. The van der Waals surface area contributed by atoms with Crippen LogP contribution in [0, 0.1) is 0 Å². The molecule has 0 aromatic carbocycles. The summed E-state index contributed by atoms with van der Waals surface area (Å²) in [5.41, 5.74) is -0.187. The Balaban J connectivity index is 0. The third kappa shape index (κ3) is 11.3. The van der Waals surface area contributed by atoms with Gasteiger partial charge in [0.15, 0.2) is 0 Å². The lowest BCUT2D eigenvalue weighted by atomic mass is 10.1. The quantitative estimate of drug-likeness (QED) is 0.742. The summed E-state index contributed by atoms with van der Waals surface area (Å²) in [4.78, 5) is 0.680. The van der Waals surface area contributed by atoms with Gasteiger partial charge in [-0.3, -0.25) is 0 Å². The first-order valence-electron chi connectivity index (χ1n) is 5.72. The van der Waals surface area contributed by atoms with Crippen LogP contribution in [0.15, 0.2) is 48.4 Å². The summed E-state index contributed by atoms with van der Waals surface area (Å²) in [6, 6.07) is 0. The Kier molecular flexibility index (Phi) is 11.1. The van der Waals surface area contributed by atoms with Gasteiger partial charge in [0.1, 0.15) is 11.0 Å². The van der Waals surface area contributed by atoms with E-state index in [-0.39, 0.29) is 5.54 Å². The largest absolute Gasteiger partial charge is 0.237 e. The van der Waals surface area contributed by atoms with Crippen molar-refractivity contribution in [1.82, 2.24) is 4.72 Å². The highest BCUT2D eigenvalue weighted by atomic mass is 32.2. The van der Waals surface area contributed by atoms with E-state index < -0.39 is 11.0 Å². The molecule has 0 saturated heterocycles. The van der Waals surface area contributed by atoms with Crippen molar-refractivity contribution in [3.8, 4) is 0 Å². The molecule has 98 valence electrons. The van der Waals surface area contributed by atoms with Crippen LogP contribution in [0.5, 0.6) is 0 Å². The van der Waals surface area contributed by atoms with Crippen molar-refractivity contribution < 1.29 is 4.21 Å². The lowest BCUT2D eigenvalue weighted by Crippen LogP contribution is -2.37. The fourth-order valence-electron chi connectivity index (χ4n) is 0.795. The van der Waals surface area contributed by atoms with Gasteiger partial charge in [-0.05, 0) is 32.9 Å². The average Bonchev–Trinajstić information content (AvgIpc) is 2.24. The molecule has 0 radical (unpaired) electrons. The van der Waals surface area contributed by atoms with Crippen molar-refractivity contribution in [2.75, 3.05) is 0 Å². The average molecular weight is 255 g/mol. The maximum absolute atomic E-state index is 11.9. The summed E-state index contributed by atoms with van der Waals surface area (Å²) >= 11 is 0. The van der Waals surface area contributed by atoms with E-state index in [1.807, 2.05) is 34.6 Å². The molecule has 0 amide bonds. The fraction of sp³-hybridized carbons (Fsp3) is 0.429. The van der Waals surface area contributed by atoms with E-state index in [2.05, 4.69) is 17.9 Å². The molecule has 0 rings (SSSR count). The van der Waals surface area contributed by atoms with Crippen molar-refractivity contribution >= 4 is 11.0 Å². The van der Waals surface area contributed by atoms with Crippen LogP contribution in [-0.4, -0.2) is 9.75 Å². The van der Waals surface area contributed by atoms with Crippen LogP contribution in [0.2, 0.25) is 0 Å². The van der Waals surface area contributed by atoms with E-state index in [1.165, 1.54) is 0 Å². The van der Waals surface area contributed by atoms with Gasteiger partial charge < -0.3 is 0 Å². The Hall–Kier alpha value is -0.930. The van der Waals surface area contributed by atoms with Crippen LogP contribution in [0.4, 0.5) is 0 Å². The molecule has 1 N–H and O–H groups in total. The molecule has 0 fully saturated rings. The number of hydrogen-bond acceptors (Lipinski definition) is 1. The van der Waals surface area contributed by atoms with Gasteiger partial charge in [-0.15, -0.1) is 0 Å². The summed E-state index contributed by atoms with van der Waals surface area (Å²) in [5.74, 6) is 0. The minimum Gasteiger partial charge on any atom is -0.237 e. The molecule has 0 aromatic heterocycles. The summed E-state index contributed by atoms with van der Waals surface area (Å²) in [6.07, 6.45) is 8.48. The number of allylic oxidation sites excluding steroid dienone is 5. The van der Waals surface area contributed by atoms with Crippen LogP contribution < -0.4 is 4.72 Å². The summed E-state index contributed by atoms with van der Waals surface area (Å²) in [6.45, 7) is 17.1. The Morgan fingerprint density at radius 1 is 1.18 bits per heavy atom. The second-order valence-electron chi connectivity index (χ2n) is 4.02. The predicted octanol–water partition coefficient (Wildman–Crippen LogP) is 3.88. The molecule has 0 aliphatic rings. The Morgan fingerprint density at radius 3 is 2.06 bits per heavy atom. The monoisotopic (exact) mass is 255 g/mol. The third-order valence-electron chi connectivity index (χ3n) is 1.29. The molecule has 0 saturated carbocycles. The molecule has 3 heteroatoms. The van der Waals surface area contributed by atoms with Crippen LogP contribution in [-0.2, 0) is 11.0 Å². The van der Waals surface area contributed by atoms with Crippen molar-refractivity contribution in [1.29, 1.82) is 0 Å². The summed E-state index contributed by atoms with van der Waals surface area (Å²) < 4.78 is 14.8. The van der Waals surface area contributed by atoms with Gasteiger partial charge in [-0.1, -0.05) is 45.2 Å². The maximum atomic E-state index is 11.9. The Morgan fingerprint density at radius 2 is 1.71 bits per heavy atom. The first-order valence-corrected chi connectivity index (χ1v) is 6.87. The zero-order valence-corrected chi connectivity index (χ0v) is 12.4. The van der Waals surface area contributed by atoms with E-state index in [1.54, 1.807) is 30.4 Å². The van der Waals surface area contributed by atoms with E-state index in [0.29, 0.717) is 4.91 Å². The molecular weight excluding hydrogens is 230 g/mol. The van der Waals surface area contributed by atoms with Crippen LogP contribution in [0.3, 0.4) is 0 Å². The molecule has 0 spiro atoms. The topological polar surface area (TPSA) is 29.1 Å². The second-order valence-corrected chi connectivity index (χ2v) is 5.23. The maximum Gasteiger partial charge on any atom is 0.125 e. The Bertz CT molecular complexity index is 309. The predicted molar refractivity (Wildman–Crippen MR) is 80.0 cm³/mol. The first-order chi connectivity index (χ1) is 7.90. The van der Waals surface area contributed by atoms with Gasteiger partial charge in [0, 0.05) is 5.54 Å². The van der Waals surface area contributed by atoms with Crippen molar-refractivity contribution in [3.05, 3.63) is 48.4 Å². The highest BCUT2D eigenvalue weighted by molar-refractivity contribution is 7.87. The van der Waals surface area contributed by atoms with E-state index in [0.717, 1.165) is 0 Å². The zero-order chi connectivity index (χ0) is 13.9. The van der Waals surface area contributed by atoms with Gasteiger partial charge in [0.2, 0.25) is 0 Å². The first kappa shape index (κ1) is 18.4. The lowest BCUT2D eigenvalue weighted by Gasteiger charge is -2.19. The third-order valence-corrected chi connectivity index (χ3v) is 2.79. The van der Waals surface area contributed by atoms with Crippen molar-refractivity contribution in [3.63, 3.8) is 0 Å². The number of nitrogens with one attached hydrogen (secondary N) is 1. The molecule has 17 heavy (non-hydrogen) atoms. The molecule has 1 unspecified atom stereocenters. The highest BCUT2D eigenvalue weighted by Crippen LogP contribution is 2.08. The van der Waals surface area contributed by atoms with Gasteiger partial charge in [0.25, 0.3) is 0 Å². The van der Waals surface area contributed by atoms with Gasteiger partial charge in [-0.2, -0.15) is 0 Å². The van der Waals surface area contributed by atoms with Gasteiger partial charge in [0.05, 0.1) is 4.91 Å². The molecule has 0 aromatic rings. The summed E-state index contributed by atoms with van der Waals surface area (Å²) in [5, 5.41) is 0. The van der Waals surface area contributed by atoms with Crippen molar-refractivity contribution in [2.24, 2.45) is 0 Å². The Labute approximate surface area is 109 Å². The lowest BCUT2D eigenvalue weighted by molar-refractivity contribution is 0.522. The van der Waals surface area contributed by atoms with Gasteiger partial charge >= 0.3 is 0 Å². The standard InChI is InChI=1S/C12H19NOS.C2H6/c1-6-8-10-11(9-7-2)15(14)13-12(3,4)5;1-2/h6-10,13H,1-2H2,3-5H3;1-2H3/b10-8-,11-9+;. The minimum absolute atomic E-state index is 0.187. The number of rotatable bonds is 5. The molecule has 0 aliphatic carbocycles. The second kappa shape index (κ2) is 10.2. The number of hydrogen-bond donors (Lipinski definition) is 1. The van der Waals surface area contributed by atoms with E-state index in [4.69, 9.17) is 0 Å². The van der Waals surface area contributed by atoms with Crippen LogP contribution in [0.1, 0.15) is 34.6 Å². The molecule has 0 heterocycles. The van der Waals surface area contributed by atoms with E-state index in [9.17, 15) is 4.21 Å². The normalized spacial score (nSPS) is 13.8. The molecule has 2 nitrogen and oxygen atoms in total. The van der Waals surface area contributed by atoms with Gasteiger partial charge in [-0.25, -0.2) is 8.93 Å². The zero-order valence-electron chi connectivity index (χ0n) is 11.6. The van der Waals surface area contributed by atoms with E-state index >= 15 is 0 Å². The fourth-order valence-corrected chi connectivity index (χ4v) is 1.89. The highest BCUT2D eigenvalue weighted by Gasteiger charge is 2.14. The van der Waals surface area contributed by atoms with Crippen LogP contribution >= 0.6 is 0 Å². The summed E-state index contributed by atoms with van der Waals surface area (Å²) in [7, 11) is -1.22. The minimum atomic E-state index is -1.22. The molecule has 0 bridgehead atoms. The molecular formula is C14H25NOS. The smallest absolute Gasteiger partial charge is 0.125 e. The van der Waals surface area contributed by atoms with Crippen LogP contribution in [0.25, 0.3) is 0 Å².